The molecule has 1 aromatic rings. The topological polar surface area (TPSA) is 90.3 Å². The van der Waals surface area contributed by atoms with Crippen molar-refractivity contribution in [3.05, 3.63) is 46.3 Å². The van der Waals surface area contributed by atoms with Gasteiger partial charge in [-0.15, -0.1) is 0 Å². The molecule has 0 saturated carbocycles. The Morgan fingerprint density at radius 3 is 2.89 bits per heavy atom. The molecule has 1 aromatic carbocycles. The van der Waals surface area contributed by atoms with Crippen molar-refractivity contribution in [3.63, 3.8) is 0 Å². The van der Waals surface area contributed by atoms with E-state index in [0.717, 1.165) is 5.56 Å². The van der Waals surface area contributed by atoms with Crippen molar-refractivity contribution in [1.82, 2.24) is 5.32 Å². The highest BCUT2D eigenvalue weighted by molar-refractivity contribution is 5.13. The van der Waals surface area contributed by atoms with Crippen molar-refractivity contribution in [1.29, 1.82) is 0 Å². The van der Waals surface area contributed by atoms with E-state index >= 15 is 0 Å². The van der Waals surface area contributed by atoms with Crippen LogP contribution >= 0.6 is 0 Å². The van der Waals surface area contributed by atoms with Gasteiger partial charge in [0.15, 0.2) is 0 Å². The van der Waals surface area contributed by atoms with E-state index in [4.69, 9.17) is 10.3 Å². The zero-order valence-corrected chi connectivity index (χ0v) is 10.6. The van der Waals surface area contributed by atoms with Gasteiger partial charge in [-0.2, -0.15) is 0 Å². The molecule has 0 unspecified atom stereocenters. The minimum absolute atomic E-state index is 0.263. The molecular weight excluding hydrogens is 244 g/mol. The lowest BCUT2D eigenvalue weighted by Crippen LogP contribution is -2.33. The zero-order chi connectivity index (χ0) is 13.5. The molecule has 0 amide bonds. The van der Waals surface area contributed by atoms with Gasteiger partial charge in [-0.1, -0.05) is 35.4 Å². The normalized spacial score (nSPS) is 27.3. The molecule has 1 fully saturated rings. The molecule has 2 N–H and O–H groups in total. The highest BCUT2D eigenvalue weighted by atomic mass is 16.5. The van der Waals surface area contributed by atoms with E-state index in [1.807, 2.05) is 30.3 Å². The summed E-state index contributed by atoms with van der Waals surface area (Å²) in [6.45, 7) is 1.49. The van der Waals surface area contributed by atoms with Gasteiger partial charge in [0.25, 0.3) is 0 Å². The molecule has 2 rings (SSSR count). The quantitative estimate of drug-likeness (QED) is 0.490. The van der Waals surface area contributed by atoms with Crippen molar-refractivity contribution in [2.75, 3.05) is 13.1 Å². The number of azide groups is 1. The lowest BCUT2D eigenvalue weighted by atomic mass is 10.1. The largest absolute Gasteiger partial charge is 0.392 e. The molecule has 0 spiro atoms. The van der Waals surface area contributed by atoms with Crippen LogP contribution in [0.15, 0.2) is 35.4 Å². The SMILES string of the molecule is [N-]=[N+]=N[C@@H]1CNC[C@H](O)C[C@H]1OCc1ccccc1. The third-order valence-electron chi connectivity index (χ3n) is 3.17. The summed E-state index contributed by atoms with van der Waals surface area (Å²) >= 11 is 0. The number of ether oxygens (including phenoxy) is 1. The molecule has 3 atom stereocenters. The Balaban J connectivity index is 1.99. The summed E-state index contributed by atoms with van der Waals surface area (Å²) in [6.07, 6.45) is -0.260. The number of rotatable bonds is 4. The van der Waals surface area contributed by atoms with Crippen molar-refractivity contribution in [3.8, 4) is 0 Å². The Morgan fingerprint density at radius 1 is 1.37 bits per heavy atom. The maximum absolute atomic E-state index is 9.77. The lowest BCUT2D eigenvalue weighted by Gasteiger charge is -2.22. The van der Waals surface area contributed by atoms with Gasteiger partial charge in [-0.05, 0) is 11.1 Å². The highest BCUT2D eigenvalue weighted by Crippen LogP contribution is 2.16. The third kappa shape index (κ3) is 4.22. The molecule has 102 valence electrons. The molecule has 1 heterocycles. The number of β-amino-alcohol motifs (C(OH)–C–C–N with tert-alkyl or cyclic N) is 1. The number of aliphatic hydroxyl groups is 1. The number of nitrogens with zero attached hydrogens (tertiary/aromatic N) is 3. The van der Waals surface area contributed by atoms with Gasteiger partial charge in [0.2, 0.25) is 0 Å². The zero-order valence-electron chi connectivity index (χ0n) is 10.6. The van der Waals surface area contributed by atoms with Crippen LogP contribution in [0.25, 0.3) is 10.4 Å². The van der Waals surface area contributed by atoms with E-state index in [-0.39, 0.29) is 12.1 Å². The van der Waals surface area contributed by atoms with Crippen LogP contribution in [0.2, 0.25) is 0 Å². The highest BCUT2D eigenvalue weighted by Gasteiger charge is 2.27. The first-order valence-electron chi connectivity index (χ1n) is 6.38. The second kappa shape index (κ2) is 7.11. The number of aliphatic hydroxyl groups excluding tert-OH is 1. The Kier molecular flexibility index (Phi) is 5.18. The van der Waals surface area contributed by atoms with Crippen LogP contribution in [0.3, 0.4) is 0 Å². The van der Waals surface area contributed by atoms with Crippen LogP contribution in [-0.2, 0) is 11.3 Å². The molecule has 0 bridgehead atoms. The van der Waals surface area contributed by atoms with Crippen LogP contribution < -0.4 is 5.32 Å². The van der Waals surface area contributed by atoms with Crippen molar-refractivity contribution in [2.24, 2.45) is 5.11 Å². The number of hydrogen-bond acceptors (Lipinski definition) is 4. The summed E-state index contributed by atoms with van der Waals surface area (Å²) < 4.78 is 5.82. The first-order valence-corrected chi connectivity index (χ1v) is 6.38. The number of benzene rings is 1. The van der Waals surface area contributed by atoms with Crippen molar-refractivity contribution >= 4 is 0 Å². The first kappa shape index (κ1) is 13.8. The lowest BCUT2D eigenvalue weighted by molar-refractivity contribution is 0.000209. The van der Waals surface area contributed by atoms with E-state index in [0.29, 0.717) is 26.1 Å². The molecule has 0 aliphatic carbocycles. The summed E-state index contributed by atoms with van der Waals surface area (Å²) in [5.74, 6) is 0. The molecule has 19 heavy (non-hydrogen) atoms. The molecule has 1 aliphatic heterocycles. The van der Waals surface area contributed by atoms with Gasteiger partial charge in [0, 0.05) is 24.4 Å². The fraction of sp³-hybridized carbons (Fsp3) is 0.538. The molecule has 0 aromatic heterocycles. The van der Waals surface area contributed by atoms with Crippen LogP contribution in [0.4, 0.5) is 0 Å². The van der Waals surface area contributed by atoms with Gasteiger partial charge in [-0.25, -0.2) is 0 Å². The standard InChI is InChI=1S/C13H18N4O2/c14-17-16-12-8-15-7-11(18)6-13(12)19-9-10-4-2-1-3-5-10/h1-5,11-13,15,18H,6-9H2/t11-,12-,13-/m1/s1. The van der Waals surface area contributed by atoms with Gasteiger partial charge in [-0.3, -0.25) is 0 Å². The monoisotopic (exact) mass is 262 g/mol. The van der Waals surface area contributed by atoms with Crippen LogP contribution in [0.1, 0.15) is 12.0 Å². The van der Waals surface area contributed by atoms with E-state index in [1.165, 1.54) is 0 Å². The Hall–Kier alpha value is -1.59. The second-order valence-electron chi connectivity index (χ2n) is 4.66. The van der Waals surface area contributed by atoms with Crippen molar-refractivity contribution < 1.29 is 9.84 Å². The summed E-state index contributed by atoms with van der Waals surface area (Å²) in [5, 5.41) is 16.6. The molecular formula is C13H18N4O2. The van der Waals surface area contributed by atoms with Gasteiger partial charge < -0.3 is 15.2 Å². The molecule has 1 saturated heterocycles. The Bertz CT molecular complexity index is 434. The van der Waals surface area contributed by atoms with Gasteiger partial charge in [0.1, 0.15) is 0 Å². The fourth-order valence-corrected chi connectivity index (χ4v) is 2.18. The predicted molar refractivity (Wildman–Crippen MR) is 71.4 cm³/mol. The predicted octanol–water partition coefficient (Wildman–Crippen LogP) is 1.60. The Labute approximate surface area is 112 Å². The molecule has 6 heteroatoms. The third-order valence-corrected chi connectivity index (χ3v) is 3.17. The molecule has 1 aliphatic rings. The van der Waals surface area contributed by atoms with E-state index in [1.54, 1.807) is 0 Å². The smallest absolute Gasteiger partial charge is 0.0761 e. The van der Waals surface area contributed by atoms with Crippen LogP contribution in [0, 0.1) is 0 Å². The maximum Gasteiger partial charge on any atom is 0.0761 e. The Morgan fingerprint density at radius 2 is 2.16 bits per heavy atom. The average molecular weight is 262 g/mol. The minimum atomic E-state index is -0.473. The van der Waals surface area contributed by atoms with Crippen LogP contribution in [-0.4, -0.2) is 36.4 Å². The minimum Gasteiger partial charge on any atom is -0.392 e. The summed E-state index contributed by atoms with van der Waals surface area (Å²) in [7, 11) is 0. The average Bonchev–Trinajstić information content (AvgIpc) is 2.60. The number of hydrogen-bond donors (Lipinski definition) is 2. The second-order valence-corrected chi connectivity index (χ2v) is 4.66. The molecule has 6 nitrogen and oxygen atoms in total. The summed E-state index contributed by atoms with van der Waals surface area (Å²) in [5.41, 5.74) is 9.66. The van der Waals surface area contributed by atoms with Crippen molar-refractivity contribution in [2.45, 2.75) is 31.3 Å². The first-order chi connectivity index (χ1) is 9.29. The summed E-state index contributed by atoms with van der Waals surface area (Å²) in [4.78, 5) is 2.85. The van der Waals surface area contributed by atoms with Gasteiger partial charge >= 0.3 is 0 Å². The molecule has 0 radical (unpaired) electrons. The fourth-order valence-electron chi connectivity index (χ4n) is 2.18. The van der Waals surface area contributed by atoms with Gasteiger partial charge in [0.05, 0.1) is 24.9 Å². The number of nitrogens with one attached hydrogen (secondary N) is 1. The van der Waals surface area contributed by atoms with E-state index < -0.39 is 6.10 Å². The van der Waals surface area contributed by atoms with E-state index in [2.05, 4.69) is 15.3 Å². The maximum atomic E-state index is 9.77. The summed E-state index contributed by atoms with van der Waals surface area (Å²) in [6, 6.07) is 9.53. The van der Waals surface area contributed by atoms with E-state index in [9.17, 15) is 5.11 Å². The van der Waals surface area contributed by atoms with Crippen LogP contribution in [0.5, 0.6) is 0 Å².